The summed E-state index contributed by atoms with van der Waals surface area (Å²) in [4.78, 5) is 39.6. The average molecular weight is 514 g/mol. The van der Waals surface area contributed by atoms with Crippen molar-refractivity contribution >= 4 is 46.2 Å². The van der Waals surface area contributed by atoms with Gasteiger partial charge in [-0.05, 0) is 48.9 Å². The Balaban J connectivity index is 1.49. The van der Waals surface area contributed by atoms with Gasteiger partial charge in [0, 0.05) is 35.7 Å². The molecule has 0 radical (unpaired) electrons. The van der Waals surface area contributed by atoms with Gasteiger partial charge in [-0.3, -0.25) is 14.4 Å². The van der Waals surface area contributed by atoms with Gasteiger partial charge in [-0.2, -0.15) is 0 Å². The number of rotatable bonds is 5. The lowest BCUT2D eigenvalue weighted by molar-refractivity contribution is -0.120. The second-order valence-electron chi connectivity index (χ2n) is 8.29. The van der Waals surface area contributed by atoms with Gasteiger partial charge >= 0.3 is 0 Å². The minimum atomic E-state index is -1.01. The third-order valence-corrected chi connectivity index (χ3v) is 6.20. The fourth-order valence-corrected chi connectivity index (χ4v) is 3.93. The number of hydrogen-bond donors (Lipinski definition) is 3. The van der Waals surface area contributed by atoms with Crippen molar-refractivity contribution in [3.63, 3.8) is 0 Å². The zero-order valence-electron chi connectivity index (χ0n) is 20.1. The van der Waals surface area contributed by atoms with Crippen LogP contribution in [0.15, 0.2) is 77.1 Å². The molecule has 1 unspecified atom stereocenters. The highest BCUT2D eigenvalue weighted by Gasteiger charge is 2.32. The van der Waals surface area contributed by atoms with E-state index in [1.54, 1.807) is 68.6 Å². The van der Waals surface area contributed by atoms with E-state index >= 15 is 0 Å². The molecule has 9 heteroatoms. The molecule has 0 aliphatic carbocycles. The van der Waals surface area contributed by atoms with E-state index in [4.69, 9.17) is 16.6 Å². The SMILES string of the molecule is Cc1ccoc1C(=O)Nc1cccc(C#CC2C(=O)NC=C(C(=O)N(C)c3ccc(CO)cc3)C2=S)c1. The quantitative estimate of drug-likeness (QED) is 0.356. The summed E-state index contributed by atoms with van der Waals surface area (Å²) >= 11 is 5.49. The Morgan fingerprint density at radius 1 is 1.19 bits per heavy atom. The monoisotopic (exact) mass is 513 g/mol. The van der Waals surface area contributed by atoms with Gasteiger partial charge in [0.2, 0.25) is 5.91 Å². The van der Waals surface area contributed by atoms with E-state index < -0.39 is 17.7 Å². The third kappa shape index (κ3) is 5.67. The van der Waals surface area contributed by atoms with Crippen molar-refractivity contribution in [2.75, 3.05) is 17.3 Å². The van der Waals surface area contributed by atoms with Crippen LogP contribution in [0.2, 0.25) is 0 Å². The van der Waals surface area contributed by atoms with Crippen LogP contribution in [-0.2, 0) is 16.2 Å². The number of nitrogens with one attached hydrogen (secondary N) is 2. The molecular weight excluding hydrogens is 490 g/mol. The summed E-state index contributed by atoms with van der Waals surface area (Å²) < 4.78 is 5.22. The number of amides is 3. The lowest BCUT2D eigenvalue weighted by atomic mass is 9.94. The molecule has 1 aromatic heterocycles. The smallest absolute Gasteiger partial charge is 0.291 e. The van der Waals surface area contributed by atoms with Crippen LogP contribution < -0.4 is 15.5 Å². The molecule has 0 spiro atoms. The molecule has 2 heterocycles. The van der Waals surface area contributed by atoms with Gasteiger partial charge in [0.05, 0.1) is 23.3 Å². The Bertz CT molecular complexity index is 1480. The van der Waals surface area contributed by atoms with Crippen molar-refractivity contribution in [3.05, 3.63) is 95.1 Å². The molecule has 3 amide bonds. The van der Waals surface area contributed by atoms with Crippen molar-refractivity contribution < 1.29 is 23.9 Å². The van der Waals surface area contributed by atoms with Gasteiger partial charge in [0.25, 0.3) is 11.8 Å². The fraction of sp³-hybridized carbons (Fsp3) is 0.143. The number of furan rings is 1. The summed E-state index contributed by atoms with van der Waals surface area (Å²) in [5.41, 5.74) is 3.27. The number of aryl methyl sites for hydroxylation is 1. The van der Waals surface area contributed by atoms with Gasteiger partial charge in [-0.1, -0.05) is 42.3 Å². The van der Waals surface area contributed by atoms with E-state index in [2.05, 4.69) is 22.5 Å². The van der Waals surface area contributed by atoms with Crippen LogP contribution >= 0.6 is 12.2 Å². The van der Waals surface area contributed by atoms with Crippen molar-refractivity contribution in [3.8, 4) is 11.8 Å². The molecule has 0 bridgehead atoms. The van der Waals surface area contributed by atoms with Crippen LogP contribution in [-0.4, -0.2) is 34.7 Å². The summed E-state index contributed by atoms with van der Waals surface area (Å²) in [6.45, 7) is 1.68. The van der Waals surface area contributed by atoms with Crippen molar-refractivity contribution in [1.29, 1.82) is 0 Å². The Labute approximate surface area is 219 Å². The maximum absolute atomic E-state index is 13.1. The van der Waals surface area contributed by atoms with Crippen LogP contribution in [0.5, 0.6) is 0 Å². The van der Waals surface area contributed by atoms with Gasteiger partial charge < -0.3 is 25.1 Å². The maximum atomic E-state index is 13.1. The van der Waals surface area contributed by atoms with Crippen LogP contribution in [0.3, 0.4) is 0 Å². The molecule has 4 rings (SSSR count). The second kappa shape index (κ2) is 11.0. The minimum absolute atomic E-state index is 0.0987. The third-order valence-electron chi connectivity index (χ3n) is 5.74. The number of carbonyl (C=O) groups excluding carboxylic acids is 3. The van der Waals surface area contributed by atoms with Gasteiger partial charge in [-0.25, -0.2) is 0 Å². The molecular formula is C28H23N3O5S. The molecule has 186 valence electrons. The van der Waals surface area contributed by atoms with Crippen molar-refractivity contribution in [1.82, 2.24) is 5.32 Å². The largest absolute Gasteiger partial charge is 0.459 e. The number of benzene rings is 2. The van der Waals surface area contributed by atoms with E-state index in [1.807, 2.05) is 0 Å². The number of anilines is 2. The molecule has 3 N–H and O–H groups in total. The summed E-state index contributed by atoms with van der Waals surface area (Å²) in [6, 6.07) is 15.4. The Morgan fingerprint density at radius 3 is 2.62 bits per heavy atom. The summed E-state index contributed by atoms with van der Waals surface area (Å²) in [5.74, 6) is 3.78. The second-order valence-corrected chi connectivity index (χ2v) is 8.73. The number of nitrogens with zero attached hydrogens (tertiary/aromatic N) is 1. The molecule has 3 aromatic rings. The molecule has 1 aliphatic rings. The number of carbonyl (C=O) groups is 3. The number of hydrogen-bond acceptors (Lipinski definition) is 6. The van der Waals surface area contributed by atoms with Crippen LogP contribution in [0, 0.1) is 24.7 Å². The minimum Gasteiger partial charge on any atom is -0.459 e. The first-order valence-electron chi connectivity index (χ1n) is 11.3. The van der Waals surface area contributed by atoms with E-state index in [9.17, 15) is 19.5 Å². The normalized spacial score (nSPS) is 14.7. The van der Waals surface area contributed by atoms with Crippen LogP contribution in [0.4, 0.5) is 11.4 Å². The van der Waals surface area contributed by atoms with Crippen LogP contribution in [0.25, 0.3) is 0 Å². The lowest BCUT2D eigenvalue weighted by Crippen LogP contribution is -2.42. The van der Waals surface area contributed by atoms with E-state index in [0.717, 1.165) is 11.1 Å². The van der Waals surface area contributed by atoms with E-state index in [0.29, 0.717) is 16.9 Å². The molecule has 1 atom stereocenters. The zero-order chi connectivity index (χ0) is 26.5. The Morgan fingerprint density at radius 2 is 1.95 bits per heavy atom. The number of aliphatic hydroxyl groups is 1. The topological polar surface area (TPSA) is 112 Å². The first-order chi connectivity index (χ1) is 17.8. The number of thiocarbonyl (C=S) groups is 1. The first-order valence-corrected chi connectivity index (χ1v) is 11.7. The molecule has 0 saturated heterocycles. The lowest BCUT2D eigenvalue weighted by Gasteiger charge is -2.24. The van der Waals surface area contributed by atoms with Crippen LogP contribution in [0.1, 0.15) is 27.2 Å². The molecule has 1 aliphatic heterocycles. The number of aliphatic hydroxyl groups excluding tert-OH is 1. The predicted octanol–water partition coefficient (Wildman–Crippen LogP) is 3.35. The molecule has 0 fully saturated rings. The highest BCUT2D eigenvalue weighted by atomic mass is 32.1. The van der Waals surface area contributed by atoms with E-state index in [1.165, 1.54) is 17.4 Å². The van der Waals surface area contributed by atoms with E-state index in [-0.39, 0.29) is 28.7 Å². The van der Waals surface area contributed by atoms with Gasteiger partial charge in [-0.15, -0.1) is 0 Å². The standard InChI is InChI=1S/C28H23N3O5S/c1-17-12-13-36-24(17)27(34)30-20-5-3-4-18(14-20)8-11-22-25(37)23(15-29-26(22)33)28(35)31(2)21-9-6-19(16-32)7-10-21/h3-7,9-10,12-15,22,32H,16H2,1-2H3,(H,29,33)(H,30,34). The van der Waals surface area contributed by atoms with Crippen molar-refractivity contribution in [2.24, 2.45) is 5.92 Å². The Kier molecular flexibility index (Phi) is 7.63. The highest BCUT2D eigenvalue weighted by Crippen LogP contribution is 2.21. The summed E-state index contributed by atoms with van der Waals surface area (Å²) in [6.07, 6.45) is 2.75. The molecule has 2 aromatic carbocycles. The molecule has 8 nitrogen and oxygen atoms in total. The Hall–Kier alpha value is -4.52. The van der Waals surface area contributed by atoms with Gasteiger partial charge in [0.1, 0.15) is 5.92 Å². The highest BCUT2D eigenvalue weighted by molar-refractivity contribution is 7.81. The van der Waals surface area contributed by atoms with Gasteiger partial charge in [0.15, 0.2) is 5.76 Å². The molecule has 0 saturated carbocycles. The zero-order valence-corrected chi connectivity index (χ0v) is 20.9. The summed E-state index contributed by atoms with van der Waals surface area (Å²) in [5, 5.41) is 14.6. The molecule has 37 heavy (non-hydrogen) atoms. The maximum Gasteiger partial charge on any atom is 0.291 e. The first kappa shape index (κ1) is 25.6. The average Bonchev–Trinajstić information content (AvgIpc) is 3.34. The summed E-state index contributed by atoms with van der Waals surface area (Å²) in [7, 11) is 1.60. The predicted molar refractivity (Wildman–Crippen MR) is 143 cm³/mol. The fourth-order valence-electron chi connectivity index (χ4n) is 3.62. The van der Waals surface area contributed by atoms with Crippen molar-refractivity contribution in [2.45, 2.75) is 13.5 Å². The number of likely N-dealkylation sites (N-methyl/N-ethyl adjacent to an activating group) is 1.